The third-order valence-corrected chi connectivity index (χ3v) is 4.30. The first-order chi connectivity index (χ1) is 9.26. The molecule has 1 aromatic carbocycles. The molecule has 0 aliphatic carbocycles. The Morgan fingerprint density at radius 1 is 1.37 bits per heavy atom. The minimum absolute atomic E-state index is 0.100. The van der Waals surface area contributed by atoms with Crippen molar-refractivity contribution in [1.29, 1.82) is 0 Å². The van der Waals surface area contributed by atoms with E-state index >= 15 is 0 Å². The fraction of sp³-hybridized carbons (Fsp3) is 0.286. The van der Waals surface area contributed by atoms with Gasteiger partial charge in [-0.25, -0.2) is 4.98 Å². The molecule has 5 heteroatoms. The summed E-state index contributed by atoms with van der Waals surface area (Å²) in [5.74, 6) is 0.100. The number of benzene rings is 1. The Bertz CT molecular complexity index is 621. The number of nitrogens with zero attached hydrogens (tertiary/aromatic N) is 1. The number of nitrogens with two attached hydrogens (primary N) is 1. The maximum atomic E-state index is 11.3. The predicted molar refractivity (Wildman–Crippen MR) is 77.3 cm³/mol. The first kappa shape index (κ1) is 12.3. The fourth-order valence-corrected chi connectivity index (χ4v) is 3.15. The highest BCUT2D eigenvalue weighted by atomic mass is 32.1. The second-order valence-electron chi connectivity index (χ2n) is 4.58. The van der Waals surface area contributed by atoms with Crippen molar-refractivity contribution in [2.75, 3.05) is 11.9 Å². The summed E-state index contributed by atoms with van der Waals surface area (Å²) in [4.78, 5) is 16.9. The number of hydrogen-bond donors (Lipinski definition) is 2. The van der Waals surface area contributed by atoms with E-state index < -0.39 is 0 Å². The highest BCUT2D eigenvalue weighted by Crippen LogP contribution is 2.31. The number of anilines is 1. The number of carbonyl (C=O) groups excluding carboxylic acids is 1. The van der Waals surface area contributed by atoms with Crippen LogP contribution in [-0.4, -0.2) is 17.4 Å². The fourth-order valence-electron chi connectivity index (χ4n) is 2.22. The number of thiazole rings is 1. The molecule has 1 aliphatic rings. The zero-order chi connectivity index (χ0) is 13.2. The van der Waals surface area contributed by atoms with E-state index in [-0.39, 0.29) is 5.91 Å². The Kier molecular flexibility index (Phi) is 3.31. The van der Waals surface area contributed by atoms with Crippen molar-refractivity contribution in [3.63, 3.8) is 0 Å². The van der Waals surface area contributed by atoms with Crippen LogP contribution in [-0.2, 0) is 17.6 Å². The van der Waals surface area contributed by atoms with Gasteiger partial charge in [-0.3, -0.25) is 4.79 Å². The molecule has 1 aromatic heterocycles. The highest BCUT2D eigenvalue weighted by Gasteiger charge is 2.15. The molecule has 0 saturated carbocycles. The molecule has 4 nitrogen and oxygen atoms in total. The molecule has 0 bridgehead atoms. The molecule has 1 aliphatic heterocycles. The van der Waals surface area contributed by atoms with Gasteiger partial charge in [0, 0.05) is 24.7 Å². The van der Waals surface area contributed by atoms with Crippen LogP contribution >= 0.6 is 11.3 Å². The molecule has 0 saturated heterocycles. The van der Waals surface area contributed by atoms with Gasteiger partial charge in [-0.1, -0.05) is 6.07 Å². The Morgan fingerprint density at radius 2 is 2.26 bits per heavy atom. The van der Waals surface area contributed by atoms with Gasteiger partial charge in [0.1, 0.15) is 0 Å². The third-order valence-electron chi connectivity index (χ3n) is 3.20. The van der Waals surface area contributed by atoms with Gasteiger partial charge in [-0.2, -0.15) is 0 Å². The first-order valence-electron chi connectivity index (χ1n) is 6.34. The van der Waals surface area contributed by atoms with Crippen LogP contribution < -0.4 is 11.1 Å². The van der Waals surface area contributed by atoms with Crippen LogP contribution in [0.2, 0.25) is 0 Å². The Morgan fingerprint density at radius 3 is 3.11 bits per heavy atom. The highest BCUT2D eigenvalue weighted by molar-refractivity contribution is 7.15. The van der Waals surface area contributed by atoms with Crippen LogP contribution in [0.3, 0.4) is 0 Å². The average molecular weight is 273 g/mol. The second kappa shape index (κ2) is 5.11. The lowest BCUT2D eigenvalue weighted by Crippen LogP contribution is -2.18. The van der Waals surface area contributed by atoms with Crippen LogP contribution in [0.4, 0.5) is 5.69 Å². The van der Waals surface area contributed by atoms with Crippen LogP contribution in [0.25, 0.3) is 10.4 Å². The van der Waals surface area contributed by atoms with E-state index in [2.05, 4.69) is 16.4 Å². The number of amides is 1. The summed E-state index contributed by atoms with van der Waals surface area (Å²) in [5, 5.41) is 3.97. The van der Waals surface area contributed by atoms with Gasteiger partial charge in [0.15, 0.2) is 0 Å². The summed E-state index contributed by atoms with van der Waals surface area (Å²) in [5.41, 5.74) is 8.84. The summed E-state index contributed by atoms with van der Waals surface area (Å²) >= 11 is 1.68. The number of hydrogen-bond acceptors (Lipinski definition) is 4. The lowest BCUT2D eigenvalue weighted by molar-refractivity contribution is -0.116. The quantitative estimate of drug-likeness (QED) is 0.900. The van der Waals surface area contributed by atoms with E-state index in [1.165, 1.54) is 5.56 Å². The number of fused-ring (bicyclic) bond motifs is 1. The normalized spacial score (nSPS) is 14.1. The summed E-state index contributed by atoms with van der Waals surface area (Å²) in [7, 11) is 0. The van der Waals surface area contributed by atoms with Crippen molar-refractivity contribution in [1.82, 2.24) is 4.98 Å². The van der Waals surface area contributed by atoms with Gasteiger partial charge < -0.3 is 11.1 Å². The van der Waals surface area contributed by atoms with Gasteiger partial charge in [-0.15, -0.1) is 11.3 Å². The van der Waals surface area contributed by atoms with Crippen LogP contribution in [0.5, 0.6) is 0 Å². The SMILES string of the molecule is NCCc1ncc(-c2ccc3c(c2)CCC(=O)N3)s1. The molecular formula is C14H15N3OS. The number of carbonyl (C=O) groups is 1. The Balaban J connectivity index is 1.90. The monoisotopic (exact) mass is 273 g/mol. The molecule has 3 N–H and O–H groups in total. The smallest absolute Gasteiger partial charge is 0.224 e. The van der Waals surface area contributed by atoms with Gasteiger partial charge in [0.25, 0.3) is 0 Å². The average Bonchev–Trinajstić information content (AvgIpc) is 2.87. The molecule has 19 heavy (non-hydrogen) atoms. The molecule has 98 valence electrons. The molecule has 0 spiro atoms. The number of aromatic nitrogens is 1. The third kappa shape index (κ3) is 2.52. The van der Waals surface area contributed by atoms with Crippen molar-refractivity contribution in [3.8, 4) is 10.4 Å². The van der Waals surface area contributed by atoms with E-state index in [1.807, 2.05) is 18.3 Å². The minimum atomic E-state index is 0.100. The standard InChI is InChI=1S/C14H15N3OS/c15-6-5-14-16-8-12(19-14)10-1-3-11-9(7-10)2-4-13(18)17-11/h1,3,7-8H,2,4-6,15H2,(H,17,18). The largest absolute Gasteiger partial charge is 0.330 e. The van der Waals surface area contributed by atoms with Crippen LogP contribution in [0, 0.1) is 0 Å². The molecule has 0 fully saturated rings. The zero-order valence-electron chi connectivity index (χ0n) is 10.5. The maximum absolute atomic E-state index is 11.3. The second-order valence-corrected chi connectivity index (χ2v) is 5.69. The number of nitrogens with one attached hydrogen (secondary N) is 1. The molecule has 3 rings (SSSR count). The topological polar surface area (TPSA) is 68.0 Å². The van der Waals surface area contributed by atoms with E-state index in [4.69, 9.17) is 5.73 Å². The van der Waals surface area contributed by atoms with Crippen molar-refractivity contribution < 1.29 is 4.79 Å². The van der Waals surface area contributed by atoms with Gasteiger partial charge in [0.2, 0.25) is 5.91 Å². The van der Waals surface area contributed by atoms with Crippen molar-refractivity contribution >= 4 is 22.9 Å². The van der Waals surface area contributed by atoms with Gasteiger partial charge >= 0.3 is 0 Å². The molecule has 1 amide bonds. The minimum Gasteiger partial charge on any atom is -0.330 e. The summed E-state index contributed by atoms with van der Waals surface area (Å²) in [6, 6.07) is 6.16. The van der Waals surface area contributed by atoms with Crippen LogP contribution in [0.15, 0.2) is 24.4 Å². The Hall–Kier alpha value is -1.72. The summed E-state index contributed by atoms with van der Waals surface area (Å²) in [6.45, 7) is 0.628. The molecule has 2 heterocycles. The number of aryl methyl sites for hydroxylation is 1. The predicted octanol–water partition coefficient (Wildman–Crippen LogP) is 2.20. The van der Waals surface area contributed by atoms with E-state index in [9.17, 15) is 4.79 Å². The van der Waals surface area contributed by atoms with Crippen molar-refractivity contribution in [3.05, 3.63) is 35.0 Å². The Labute approximate surface area is 115 Å². The first-order valence-corrected chi connectivity index (χ1v) is 7.16. The van der Waals surface area contributed by atoms with Gasteiger partial charge in [-0.05, 0) is 36.2 Å². The van der Waals surface area contributed by atoms with E-state index in [0.717, 1.165) is 34.0 Å². The maximum Gasteiger partial charge on any atom is 0.224 e. The molecule has 2 aromatic rings. The molecule has 0 radical (unpaired) electrons. The zero-order valence-corrected chi connectivity index (χ0v) is 11.3. The van der Waals surface area contributed by atoms with Crippen molar-refractivity contribution in [2.45, 2.75) is 19.3 Å². The molecule has 0 unspecified atom stereocenters. The number of rotatable bonds is 3. The lowest BCUT2D eigenvalue weighted by Gasteiger charge is -2.17. The molecule has 0 atom stereocenters. The molecular weight excluding hydrogens is 258 g/mol. The van der Waals surface area contributed by atoms with Gasteiger partial charge in [0.05, 0.1) is 9.88 Å². The summed E-state index contributed by atoms with van der Waals surface area (Å²) < 4.78 is 0. The summed E-state index contributed by atoms with van der Waals surface area (Å²) in [6.07, 6.45) is 4.10. The lowest BCUT2D eigenvalue weighted by atomic mass is 10.00. The van der Waals surface area contributed by atoms with Crippen LogP contribution in [0.1, 0.15) is 17.0 Å². The van der Waals surface area contributed by atoms with E-state index in [0.29, 0.717) is 13.0 Å². The van der Waals surface area contributed by atoms with E-state index in [1.54, 1.807) is 11.3 Å². The van der Waals surface area contributed by atoms with Crippen molar-refractivity contribution in [2.24, 2.45) is 5.73 Å².